The van der Waals surface area contributed by atoms with Gasteiger partial charge in [0.25, 0.3) is 5.79 Å². The first-order valence-corrected chi connectivity index (χ1v) is 26.1. The molecule has 0 amide bonds. The first-order valence-electron chi connectivity index (χ1n) is 26.1. The van der Waals surface area contributed by atoms with Crippen molar-refractivity contribution in [2.45, 2.75) is 90.3 Å². The van der Waals surface area contributed by atoms with Crippen molar-refractivity contribution in [3.05, 3.63) is 199 Å². The lowest BCUT2D eigenvalue weighted by molar-refractivity contribution is -0.0648. The fourth-order valence-electron chi connectivity index (χ4n) is 9.08. The molecular formula is C65H74N4O6. The molecule has 0 fully saturated rings. The summed E-state index contributed by atoms with van der Waals surface area (Å²) in [6, 6.07) is 57.7. The Hall–Kier alpha value is -6.95. The van der Waals surface area contributed by atoms with Crippen LogP contribution in [0.2, 0.25) is 0 Å². The SMILES string of the molecule is C=C(COC)C(C)COCCC(C)(C)Oc1ccccc1-c1nc(-c2ccccc2)c(-c2ccccc2)n1C1(c2ccccc2OCCC(C)(C)OCCC(C)(C)OC)N=C(c2ccccc2)C(c2ccccc2)=N1. The van der Waals surface area contributed by atoms with Crippen LogP contribution in [0.25, 0.3) is 33.9 Å². The van der Waals surface area contributed by atoms with Crippen molar-refractivity contribution in [3.8, 4) is 45.4 Å². The van der Waals surface area contributed by atoms with Crippen molar-refractivity contribution in [3.63, 3.8) is 0 Å². The second kappa shape index (κ2) is 24.2. The molecule has 0 spiro atoms. The predicted octanol–water partition coefficient (Wildman–Crippen LogP) is 14.3. The Morgan fingerprint density at radius 1 is 0.573 bits per heavy atom. The molecule has 2 heterocycles. The summed E-state index contributed by atoms with van der Waals surface area (Å²) in [7, 11) is 3.43. The first kappa shape index (κ1) is 54.3. The highest BCUT2D eigenvalue weighted by molar-refractivity contribution is 6.54. The summed E-state index contributed by atoms with van der Waals surface area (Å²) < 4.78 is 40.1. The number of aromatic nitrogens is 2. The van der Waals surface area contributed by atoms with E-state index in [9.17, 15) is 0 Å². The Bertz CT molecular complexity index is 2980. The quantitative estimate of drug-likeness (QED) is 0.0394. The normalized spacial score (nSPS) is 14.0. The summed E-state index contributed by atoms with van der Waals surface area (Å²) in [6.45, 7) is 21.3. The van der Waals surface area contributed by atoms with Crippen molar-refractivity contribution >= 4 is 11.4 Å². The van der Waals surface area contributed by atoms with E-state index in [1.165, 1.54) is 0 Å². The molecule has 1 unspecified atom stereocenters. The van der Waals surface area contributed by atoms with E-state index in [4.69, 9.17) is 43.4 Å². The highest BCUT2D eigenvalue weighted by atomic mass is 16.5. The van der Waals surface area contributed by atoms with E-state index < -0.39 is 17.0 Å². The zero-order valence-corrected chi connectivity index (χ0v) is 45.3. The lowest BCUT2D eigenvalue weighted by atomic mass is 10.0. The molecule has 75 heavy (non-hydrogen) atoms. The molecule has 0 radical (unpaired) electrons. The number of imidazole rings is 1. The van der Waals surface area contributed by atoms with Crippen molar-refractivity contribution in [1.29, 1.82) is 0 Å². The topological polar surface area (TPSA) is 97.9 Å². The van der Waals surface area contributed by atoms with Crippen molar-refractivity contribution in [1.82, 2.24) is 9.55 Å². The molecule has 0 aliphatic carbocycles. The number of methoxy groups -OCH3 is 2. The number of nitrogens with zero attached hydrogens (tertiary/aromatic N) is 4. The molecule has 0 saturated heterocycles. The van der Waals surface area contributed by atoms with Crippen LogP contribution < -0.4 is 9.47 Å². The van der Waals surface area contributed by atoms with Gasteiger partial charge in [-0.1, -0.05) is 159 Å². The van der Waals surface area contributed by atoms with Crippen LogP contribution in [0, 0.1) is 5.92 Å². The summed E-state index contributed by atoms with van der Waals surface area (Å²) >= 11 is 0. The fraction of sp³-hybridized carbons (Fsp3) is 0.338. The molecule has 390 valence electrons. The van der Waals surface area contributed by atoms with Gasteiger partial charge in [0.05, 0.1) is 78.2 Å². The Kier molecular flexibility index (Phi) is 17.5. The Morgan fingerprint density at radius 3 is 1.67 bits per heavy atom. The van der Waals surface area contributed by atoms with E-state index in [2.05, 4.69) is 132 Å². The maximum absolute atomic E-state index is 7.15. The Labute approximate surface area is 445 Å². The van der Waals surface area contributed by atoms with Crippen LogP contribution in [-0.4, -0.2) is 85.0 Å². The second-order valence-corrected chi connectivity index (χ2v) is 21.1. The largest absolute Gasteiger partial charge is 0.493 e. The number of hydrogen-bond donors (Lipinski definition) is 0. The number of aliphatic imine (C=N–C) groups is 2. The predicted molar refractivity (Wildman–Crippen MR) is 304 cm³/mol. The average molecular weight is 1010 g/mol. The second-order valence-electron chi connectivity index (χ2n) is 21.1. The zero-order valence-electron chi connectivity index (χ0n) is 45.3. The standard InChI is InChI=1S/C65H74N4O6/c1-47(45-70-9)48(2)46-72-42-39-64(7,8)75-55-37-25-23-35-53(55)61-66-59(51-31-19-13-20-32-51)60(52-33-21-14-22-34-52)69(61)65(67-57(49-27-15-11-16-28-49)58(68-65)50-29-17-12-18-30-50)54-36-24-26-38-56(54)73-43-40-63(5,6)74-44-41-62(3,4)71-10/h11-38,48H,1,39-46H2,2-10H3. The molecular weight excluding hydrogens is 933 g/mol. The summed E-state index contributed by atoms with van der Waals surface area (Å²) in [5, 5.41) is 0. The highest BCUT2D eigenvalue weighted by Crippen LogP contribution is 2.50. The van der Waals surface area contributed by atoms with Crippen LogP contribution in [0.3, 0.4) is 0 Å². The van der Waals surface area contributed by atoms with Crippen LogP contribution in [0.4, 0.5) is 0 Å². The van der Waals surface area contributed by atoms with E-state index in [0.717, 1.165) is 68.2 Å². The third-order valence-corrected chi connectivity index (χ3v) is 13.9. The molecule has 0 bridgehead atoms. The summed E-state index contributed by atoms with van der Waals surface area (Å²) in [4.78, 5) is 17.8. The van der Waals surface area contributed by atoms with Gasteiger partial charge < -0.3 is 28.4 Å². The molecule has 10 nitrogen and oxygen atoms in total. The van der Waals surface area contributed by atoms with Crippen LogP contribution >= 0.6 is 0 Å². The number of ether oxygens (including phenoxy) is 6. The molecule has 10 heteroatoms. The van der Waals surface area contributed by atoms with Gasteiger partial charge >= 0.3 is 0 Å². The van der Waals surface area contributed by atoms with Gasteiger partial charge in [0.15, 0.2) is 0 Å². The van der Waals surface area contributed by atoms with Crippen LogP contribution in [0.5, 0.6) is 11.5 Å². The molecule has 1 aliphatic heterocycles. The zero-order chi connectivity index (χ0) is 53.1. The molecule has 6 aromatic carbocycles. The van der Waals surface area contributed by atoms with Gasteiger partial charge in [0.1, 0.15) is 22.9 Å². The van der Waals surface area contributed by atoms with Crippen molar-refractivity contribution in [2.75, 3.05) is 47.3 Å². The van der Waals surface area contributed by atoms with Crippen LogP contribution in [0.15, 0.2) is 192 Å². The number of para-hydroxylation sites is 2. The molecule has 1 aromatic heterocycles. The Morgan fingerprint density at radius 2 is 1.08 bits per heavy atom. The lowest BCUT2D eigenvalue weighted by Gasteiger charge is -2.32. The molecule has 8 rings (SSSR count). The monoisotopic (exact) mass is 1010 g/mol. The van der Waals surface area contributed by atoms with Crippen LogP contribution in [0.1, 0.15) is 84.4 Å². The van der Waals surface area contributed by atoms with E-state index >= 15 is 0 Å². The third kappa shape index (κ3) is 13.1. The minimum atomic E-state index is -1.55. The van der Waals surface area contributed by atoms with E-state index in [1.807, 2.05) is 97.1 Å². The average Bonchev–Trinajstić information content (AvgIpc) is 4.04. The minimum absolute atomic E-state index is 0.157. The summed E-state index contributed by atoms with van der Waals surface area (Å²) in [5.41, 5.74) is 7.84. The number of hydrogen-bond acceptors (Lipinski definition) is 9. The lowest BCUT2D eigenvalue weighted by Crippen LogP contribution is -2.33. The molecule has 1 aliphatic rings. The molecule has 0 saturated carbocycles. The molecule has 0 N–H and O–H groups in total. The fourth-order valence-corrected chi connectivity index (χ4v) is 9.08. The minimum Gasteiger partial charge on any atom is -0.493 e. The van der Waals surface area contributed by atoms with Gasteiger partial charge in [-0.2, -0.15) is 0 Å². The maximum Gasteiger partial charge on any atom is 0.265 e. The van der Waals surface area contributed by atoms with E-state index in [1.54, 1.807) is 14.2 Å². The van der Waals surface area contributed by atoms with Crippen molar-refractivity contribution < 1.29 is 28.4 Å². The summed E-state index contributed by atoms with van der Waals surface area (Å²) in [5.74, 6) is 0.505. The van der Waals surface area contributed by atoms with E-state index in [0.29, 0.717) is 63.2 Å². The molecule has 7 aromatic rings. The first-order chi connectivity index (χ1) is 36.1. The number of benzene rings is 6. The van der Waals surface area contributed by atoms with Gasteiger partial charge in [0, 0.05) is 55.2 Å². The van der Waals surface area contributed by atoms with Crippen LogP contribution in [-0.2, 0) is 24.7 Å². The van der Waals surface area contributed by atoms with Gasteiger partial charge in [-0.25, -0.2) is 15.0 Å². The highest BCUT2D eigenvalue weighted by Gasteiger charge is 2.47. The smallest absolute Gasteiger partial charge is 0.265 e. The summed E-state index contributed by atoms with van der Waals surface area (Å²) in [6.07, 6.45) is 2.01. The van der Waals surface area contributed by atoms with Crippen molar-refractivity contribution in [2.24, 2.45) is 15.9 Å². The van der Waals surface area contributed by atoms with Gasteiger partial charge in [-0.05, 0) is 77.8 Å². The maximum atomic E-state index is 7.15. The third-order valence-electron chi connectivity index (χ3n) is 13.9. The van der Waals surface area contributed by atoms with Gasteiger partial charge in [0.2, 0.25) is 0 Å². The van der Waals surface area contributed by atoms with E-state index in [-0.39, 0.29) is 11.5 Å². The Balaban J connectivity index is 1.35. The van der Waals surface area contributed by atoms with Gasteiger partial charge in [-0.3, -0.25) is 4.57 Å². The number of rotatable bonds is 26. The molecule has 1 atom stereocenters. The van der Waals surface area contributed by atoms with Gasteiger partial charge in [-0.15, -0.1) is 0 Å².